The summed E-state index contributed by atoms with van der Waals surface area (Å²) in [6.07, 6.45) is 1.68. The van der Waals surface area contributed by atoms with Gasteiger partial charge in [0.1, 0.15) is 5.69 Å². The topological polar surface area (TPSA) is 63.2 Å². The van der Waals surface area contributed by atoms with Gasteiger partial charge >= 0.3 is 0 Å². The van der Waals surface area contributed by atoms with Gasteiger partial charge in [-0.1, -0.05) is 0 Å². The number of hydrogen-bond donors (Lipinski definition) is 2. The Morgan fingerprint density at radius 2 is 2.35 bits per heavy atom. The van der Waals surface area contributed by atoms with Crippen molar-refractivity contribution in [1.29, 1.82) is 0 Å². The van der Waals surface area contributed by atoms with E-state index in [1.165, 1.54) is 0 Å². The first-order valence-corrected chi connectivity index (χ1v) is 5.80. The molecule has 2 N–H and O–H groups in total. The molecule has 1 aliphatic heterocycles. The molecule has 2 heterocycles. The number of amides is 1. The summed E-state index contributed by atoms with van der Waals surface area (Å²) >= 11 is 0. The summed E-state index contributed by atoms with van der Waals surface area (Å²) < 4.78 is 5.54. The molecule has 5 nitrogen and oxygen atoms in total. The first-order valence-electron chi connectivity index (χ1n) is 5.80. The van der Waals surface area contributed by atoms with Gasteiger partial charge in [0.15, 0.2) is 0 Å². The number of rotatable bonds is 4. The molecule has 0 aliphatic carbocycles. The van der Waals surface area contributed by atoms with Crippen LogP contribution in [0.2, 0.25) is 0 Å². The third-order valence-corrected chi connectivity index (χ3v) is 2.53. The van der Waals surface area contributed by atoms with E-state index in [-0.39, 0.29) is 17.9 Å². The van der Waals surface area contributed by atoms with Crippen LogP contribution in [0.15, 0.2) is 18.3 Å². The van der Waals surface area contributed by atoms with Gasteiger partial charge in [0.05, 0.1) is 12.0 Å². The molecule has 1 amide bonds. The monoisotopic (exact) mass is 235 g/mol. The zero-order valence-electron chi connectivity index (χ0n) is 10.1. The molecule has 17 heavy (non-hydrogen) atoms. The van der Waals surface area contributed by atoms with Crippen LogP contribution in [0.25, 0.3) is 0 Å². The zero-order chi connectivity index (χ0) is 12.3. The molecular weight excluding hydrogens is 218 g/mol. The summed E-state index contributed by atoms with van der Waals surface area (Å²) in [6.45, 7) is 5.34. The summed E-state index contributed by atoms with van der Waals surface area (Å²) in [5.74, 6) is 0.551. The van der Waals surface area contributed by atoms with Crippen LogP contribution in [-0.2, 0) is 4.79 Å². The van der Waals surface area contributed by atoms with E-state index in [0.717, 1.165) is 13.1 Å². The molecule has 1 aliphatic rings. The predicted octanol–water partition coefficient (Wildman–Crippen LogP) is 1.03. The van der Waals surface area contributed by atoms with Crippen molar-refractivity contribution in [2.24, 2.45) is 5.92 Å². The van der Waals surface area contributed by atoms with Crippen LogP contribution in [0.5, 0.6) is 5.88 Å². The van der Waals surface area contributed by atoms with Crippen molar-refractivity contribution in [2.45, 2.75) is 20.0 Å². The number of nitrogens with one attached hydrogen (secondary N) is 2. The lowest BCUT2D eigenvalue weighted by Crippen LogP contribution is -2.48. The second-order valence-electron chi connectivity index (χ2n) is 4.37. The molecule has 1 fully saturated rings. The second kappa shape index (κ2) is 5.14. The normalized spacial score (nSPS) is 15.5. The Kier molecular flexibility index (Phi) is 3.58. The summed E-state index contributed by atoms with van der Waals surface area (Å²) in [5, 5.41) is 5.92. The van der Waals surface area contributed by atoms with Gasteiger partial charge < -0.3 is 15.4 Å². The number of aromatic nitrogens is 1. The largest absolute Gasteiger partial charge is 0.473 e. The molecule has 0 unspecified atom stereocenters. The smallest absolute Gasteiger partial charge is 0.238 e. The Bertz CT molecular complexity index is 402. The van der Waals surface area contributed by atoms with Gasteiger partial charge in [-0.05, 0) is 26.0 Å². The van der Waals surface area contributed by atoms with E-state index in [1.807, 2.05) is 13.8 Å². The highest BCUT2D eigenvalue weighted by Gasteiger charge is 2.25. The lowest BCUT2D eigenvalue weighted by Gasteiger charge is -2.26. The van der Waals surface area contributed by atoms with Crippen molar-refractivity contribution < 1.29 is 9.53 Å². The van der Waals surface area contributed by atoms with E-state index >= 15 is 0 Å². The first-order chi connectivity index (χ1) is 8.16. The maximum Gasteiger partial charge on any atom is 0.238 e. The fourth-order valence-electron chi connectivity index (χ4n) is 1.51. The molecule has 5 heteroatoms. The summed E-state index contributed by atoms with van der Waals surface area (Å²) in [4.78, 5) is 15.9. The van der Waals surface area contributed by atoms with E-state index in [9.17, 15) is 4.79 Å². The fourth-order valence-corrected chi connectivity index (χ4v) is 1.51. The van der Waals surface area contributed by atoms with Crippen molar-refractivity contribution in [1.82, 2.24) is 10.3 Å². The molecule has 0 atom stereocenters. The summed E-state index contributed by atoms with van der Waals surface area (Å²) in [6, 6.07) is 3.58. The third-order valence-electron chi connectivity index (χ3n) is 2.53. The molecule has 2 rings (SSSR count). The molecule has 0 spiro atoms. The Balaban J connectivity index is 2.05. The Labute approximate surface area is 101 Å². The average Bonchev–Trinajstić information content (AvgIpc) is 2.17. The van der Waals surface area contributed by atoms with Crippen LogP contribution in [0.4, 0.5) is 5.69 Å². The number of anilines is 1. The molecule has 0 bridgehead atoms. The van der Waals surface area contributed by atoms with Crippen LogP contribution < -0.4 is 15.4 Å². The van der Waals surface area contributed by atoms with Gasteiger partial charge in [0.2, 0.25) is 11.8 Å². The lowest BCUT2D eigenvalue weighted by molar-refractivity contribution is -0.121. The molecule has 1 aromatic rings. The van der Waals surface area contributed by atoms with E-state index in [0.29, 0.717) is 11.6 Å². The van der Waals surface area contributed by atoms with Gasteiger partial charge in [-0.3, -0.25) is 4.79 Å². The Morgan fingerprint density at radius 3 is 2.94 bits per heavy atom. The van der Waals surface area contributed by atoms with Crippen LogP contribution in [0.3, 0.4) is 0 Å². The van der Waals surface area contributed by atoms with Crippen LogP contribution in [-0.4, -0.2) is 30.1 Å². The lowest BCUT2D eigenvalue weighted by atomic mass is 10.0. The highest BCUT2D eigenvalue weighted by molar-refractivity contribution is 5.94. The predicted molar refractivity (Wildman–Crippen MR) is 65.0 cm³/mol. The zero-order valence-corrected chi connectivity index (χ0v) is 10.1. The van der Waals surface area contributed by atoms with Crippen molar-refractivity contribution in [3.8, 4) is 5.88 Å². The minimum absolute atomic E-state index is 0.0188. The van der Waals surface area contributed by atoms with E-state index < -0.39 is 0 Å². The number of nitrogens with zero attached hydrogens (tertiary/aromatic N) is 1. The number of hydrogen-bond acceptors (Lipinski definition) is 4. The molecule has 0 radical (unpaired) electrons. The molecule has 0 aromatic carbocycles. The fraction of sp³-hybridized carbons (Fsp3) is 0.500. The molecule has 0 saturated carbocycles. The van der Waals surface area contributed by atoms with Gasteiger partial charge in [-0.15, -0.1) is 0 Å². The number of pyridine rings is 1. The van der Waals surface area contributed by atoms with Crippen LogP contribution in [0, 0.1) is 5.92 Å². The molecule has 1 saturated heterocycles. The molecule has 92 valence electrons. The standard InChI is InChI=1S/C12H17N3O2/c1-8(2)17-12-10(4-3-5-14-12)15-11(16)9-6-13-7-9/h3-5,8-9,13H,6-7H2,1-2H3,(H,15,16). The summed E-state index contributed by atoms with van der Waals surface area (Å²) in [5.41, 5.74) is 0.637. The highest BCUT2D eigenvalue weighted by atomic mass is 16.5. The SMILES string of the molecule is CC(C)Oc1ncccc1NC(=O)C1CNC1. The quantitative estimate of drug-likeness (QED) is 0.818. The van der Waals surface area contributed by atoms with Crippen molar-refractivity contribution in [3.05, 3.63) is 18.3 Å². The minimum Gasteiger partial charge on any atom is -0.473 e. The van der Waals surface area contributed by atoms with Crippen molar-refractivity contribution in [2.75, 3.05) is 18.4 Å². The van der Waals surface area contributed by atoms with Gasteiger partial charge in [0.25, 0.3) is 0 Å². The molecular formula is C12H17N3O2. The first kappa shape index (κ1) is 11.9. The second-order valence-corrected chi connectivity index (χ2v) is 4.37. The van der Waals surface area contributed by atoms with Gasteiger partial charge in [-0.2, -0.15) is 0 Å². The average molecular weight is 235 g/mol. The van der Waals surface area contributed by atoms with Gasteiger partial charge in [0, 0.05) is 19.3 Å². The number of carbonyl (C=O) groups is 1. The van der Waals surface area contributed by atoms with E-state index in [2.05, 4.69) is 15.6 Å². The van der Waals surface area contributed by atoms with Crippen LogP contribution >= 0.6 is 0 Å². The summed E-state index contributed by atoms with van der Waals surface area (Å²) in [7, 11) is 0. The Hall–Kier alpha value is -1.62. The van der Waals surface area contributed by atoms with Crippen molar-refractivity contribution >= 4 is 11.6 Å². The van der Waals surface area contributed by atoms with E-state index in [1.54, 1.807) is 18.3 Å². The third kappa shape index (κ3) is 2.94. The maximum absolute atomic E-state index is 11.8. The molecule has 1 aromatic heterocycles. The highest BCUT2D eigenvalue weighted by Crippen LogP contribution is 2.22. The minimum atomic E-state index is 0.0188. The maximum atomic E-state index is 11.8. The van der Waals surface area contributed by atoms with E-state index in [4.69, 9.17) is 4.74 Å². The number of carbonyl (C=O) groups excluding carboxylic acids is 1. The van der Waals surface area contributed by atoms with Crippen LogP contribution in [0.1, 0.15) is 13.8 Å². The number of ether oxygens (including phenoxy) is 1. The van der Waals surface area contributed by atoms with Gasteiger partial charge in [-0.25, -0.2) is 4.98 Å². The Morgan fingerprint density at radius 1 is 1.59 bits per heavy atom. The van der Waals surface area contributed by atoms with Crippen molar-refractivity contribution in [3.63, 3.8) is 0 Å².